The number of hydrogen-bond acceptors (Lipinski definition) is 2. The van der Waals surface area contributed by atoms with Crippen LogP contribution in [0.4, 0.5) is 4.39 Å². The maximum Gasteiger partial charge on any atom is 0.0906 e. The standard InChI is InChI=1S/C8H16FNO/c9-4-1-5-10-6-8(7-11)2-3-8/h10-11H,1-7H2. The SMILES string of the molecule is OCC1(CNCCCF)CC1. The van der Waals surface area contributed by atoms with Crippen molar-refractivity contribution in [3.63, 3.8) is 0 Å². The summed E-state index contributed by atoms with van der Waals surface area (Å²) in [7, 11) is 0. The van der Waals surface area contributed by atoms with Crippen molar-refractivity contribution in [2.45, 2.75) is 19.3 Å². The minimum atomic E-state index is -0.251. The lowest BCUT2D eigenvalue weighted by molar-refractivity contribution is 0.207. The molecule has 66 valence electrons. The van der Waals surface area contributed by atoms with E-state index in [4.69, 9.17) is 5.11 Å². The van der Waals surface area contributed by atoms with Gasteiger partial charge in [0.1, 0.15) is 0 Å². The second-order valence-electron chi connectivity index (χ2n) is 3.38. The first kappa shape index (κ1) is 8.94. The average Bonchev–Trinajstić information content (AvgIpc) is 2.80. The number of alkyl halides is 1. The molecule has 1 aliphatic carbocycles. The topological polar surface area (TPSA) is 32.3 Å². The number of aliphatic hydroxyl groups is 1. The zero-order valence-electron chi connectivity index (χ0n) is 6.77. The van der Waals surface area contributed by atoms with Gasteiger partial charge in [-0.05, 0) is 25.8 Å². The highest BCUT2D eigenvalue weighted by Gasteiger charge is 2.41. The van der Waals surface area contributed by atoms with Crippen molar-refractivity contribution >= 4 is 0 Å². The van der Waals surface area contributed by atoms with Gasteiger partial charge in [0, 0.05) is 18.6 Å². The minimum absolute atomic E-state index is 0.163. The van der Waals surface area contributed by atoms with Crippen LogP contribution in [0.3, 0.4) is 0 Å². The van der Waals surface area contributed by atoms with E-state index in [1.165, 1.54) is 0 Å². The molecule has 0 radical (unpaired) electrons. The van der Waals surface area contributed by atoms with Gasteiger partial charge in [-0.15, -0.1) is 0 Å². The first-order valence-corrected chi connectivity index (χ1v) is 4.20. The van der Waals surface area contributed by atoms with E-state index in [1.807, 2.05) is 0 Å². The van der Waals surface area contributed by atoms with Gasteiger partial charge in [0.2, 0.25) is 0 Å². The average molecular weight is 161 g/mol. The molecule has 0 bridgehead atoms. The van der Waals surface area contributed by atoms with Crippen LogP contribution >= 0.6 is 0 Å². The molecule has 0 aromatic heterocycles. The zero-order chi connectivity index (χ0) is 8.16. The Balaban J connectivity index is 1.94. The van der Waals surface area contributed by atoms with E-state index in [9.17, 15) is 4.39 Å². The van der Waals surface area contributed by atoms with Crippen molar-refractivity contribution in [2.75, 3.05) is 26.4 Å². The quantitative estimate of drug-likeness (QED) is 0.562. The normalized spacial score (nSPS) is 20.2. The van der Waals surface area contributed by atoms with Crippen LogP contribution in [-0.4, -0.2) is 31.5 Å². The first-order valence-electron chi connectivity index (χ1n) is 4.20. The molecule has 0 atom stereocenters. The van der Waals surface area contributed by atoms with Crippen LogP contribution in [0.2, 0.25) is 0 Å². The van der Waals surface area contributed by atoms with Gasteiger partial charge in [0.15, 0.2) is 0 Å². The number of rotatable bonds is 6. The van der Waals surface area contributed by atoms with E-state index >= 15 is 0 Å². The van der Waals surface area contributed by atoms with Crippen LogP contribution in [0.15, 0.2) is 0 Å². The third-order valence-corrected chi connectivity index (χ3v) is 2.28. The monoisotopic (exact) mass is 161 g/mol. The van der Waals surface area contributed by atoms with Crippen LogP contribution < -0.4 is 5.32 Å². The van der Waals surface area contributed by atoms with E-state index in [-0.39, 0.29) is 18.7 Å². The molecule has 1 saturated carbocycles. The van der Waals surface area contributed by atoms with Gasteiger partial charge in [0.05, 0.1) is 6.67 Å². The van der Waals surface area contributed by atoms with Crippen LogP contribution in [0, 0.1) is 5.41 Å². The molecule has 0 unspecified atom stereocenters. The lowest BCUT2D eigenvalue weighted by atomic mass is 10.1. The maximum absolute atomic E-state index is 11.6. The minimum Gasteiger partial charge on any atom is -0.396 e. The Morgan fingerprint density at radius 3 is 2.64 bits per heavy atom. The van der Waals surface area contributed by atoms with Crippen LogP contribution in [-0.2, 0) is 0 Å². The Kier molecular flexibility index (Phi) is 3.27. The van der Waals surface area contributed by atoms with E-state index in [0.29, 0.717) is 6.42 Å². The molecule has 1 fully saturated rings. The highest BCUT2D eigenvalue weighted by Crippen LogP contribution is 2.44. The number of aliphatic hydroxyl groups excluding tert-OH is 1. The predicted octanol–water partition coefficient (Wildman–Crippen LogP) is 0.708. The summed E-state index contributed by atoms with van der Waals surface area (Å²) >= 11 is 0. The number of halogens is 1. The second-order valence-corrected chi connectivity index (χ2v) is 3.38. The fourth-order valence-electron chi connectivity index (χ4n) is 1.11. The summed E-state index contributed by atoms with van der Waals surface area (Å²) in [5.41, 5.74) is 0.163. The maximum atomic E-state index is 11.6. The van der Waals surface area contributed by atoms with Gasteiger partial charge >= 0.3 is 0 Å². The highest BCUT2D eigenvalue weighted by molar-refractivity contribution is 4.94. The fraction of sp³-hybridized carbons (Fsp3) is 1.00. The van der Waals surface area contributed by atoms with Gasteiger partial charge in [-0.25, -0.2) is 0 Å². The van der Waals surface area contributed by atoms with Crippen molar-refractivity contribution < 1.29 is 9.50 Å². The van der Waals surface area contributed by atoms with E-state index in [0.717, 1.165) is 25.9 Å². The molecular weight excluding hydrogens is 145 g/mol. The molecule has 0 heterocycles. The van der Waals surface area contributed by atoms with E-state index in [1.54, 1.807) is 0 Å². The zero-order valence-corrected chi connectivity index (χ0v) is 6.77. The molecule has 1 aliphatic rings. The molecule has 3 heteroatoms. The van der Waals surface area contributed by atoms with E-state index < -0.39 is 0 Å². The third-order valence-electron chi connectivity index (χ3n) is 2.28. The lowest BCUT2D eigenvalue weighted by Crippen LogP contribution is -2.27. The molecule has 1 rings (SSSR count). The molecular formula is C8H16FNO. The number of hydrogen-bond donors (Lipinski definition) is 2. The molecule has 0 aliphatic heterocycles. The van der Waals surface area contributed by atoms with Crippen molar-refractivity contribution in [3.8, 4) is 0 Å². The Morgan fingerprint density at radius 1 is 1.45 bits per heavy atom. The summed E-state index contributed by atoms with van der Waals surface area (Å²) in [5, 5.41) is 12.0. The van der Waals surface area contributed by atoms with Gasteiger partial charge < -0.3 is 10.4 Å². The van der Waals surface area contributed by atoms with Crippen molar-refractivity contribution in [2.24, 2.45) is 5.41 Å². The molecule has 2 nitrogen and oxygen atoms in total. The smallest absolute Gasteiger partial charge is 0.0906 e. The molecule has 0 aromatic rings. The Labute approximate surface area is 66.8 Å². The second kappa shape index (κ2) is 4.02. The predicted molar refractivity (Wildman–Crippen MR) is 42.2 cm³/mol. The van der Waals surface area contributed by atoms with Crippen molar-refractivity contribution in [1.82, 2.24) is 5.32 Å². The summed E-state index contributed by atoms with van der Waals surface area (Å²) in [4.78, 5) is 0. The van der Waals surface area contributed by atoms with Crippen LogP contribution in [0.25, 0.3) is 0 Å². The molecule has 2 N–H and O–H groups in total. The Bertz CT molecular complexity index is 115. The van der Waals surface area contributed by atoms with Crippen LogP contribution in [0.1, 0.15) is 19.3 Å². The van der Waals surface area contributed by atoms with Crippen molar-refractivity contribution in [1.29, 1.82) is 0 Å². The molecule has 0 saturated heterocycles. The summed E-state index contributed by atoms with van der Waals surface area (Å²) in [6.07, 6.45) is 2.82. The lowest BCUT2D eigenvalue weighted by Gasteiger charge is -2.11. The molecule has 11 heavy (non-hydrogen) atoms. The van der Waals surface area contributed by atoms with E-state index in [2.05, 4.69) is 5.32 Å². The summed E-state index contributed by atoms with van der Waals surface area (Å²) in [6, 6.07) is 0. The Hall–Kier alpha value is -0.150. The molecule has 0 amide bonds. The first-order chi connectivity index (χ1) is 5.33. The van der Waals surface area contributed by atoms with Gasteiger partial charge in [-0.3, -0.25) is 4.39 Å². The summed E-state index contributed by atoms with van der Waals surface area (Å²) < 4.78 is 11.6. The summed E-state index contributed by atoms with van der Waals surface area (Å²) in [5.74, 6) is 0. The number of nitrogens with one attached hydrogen (secondary N) is 1. The summed E-state index contributed by atoms with van der Waals surface area (Å²) in [6.45, 7) is 1.61. The highest BCUT2D eigenvalue weighted by atomic mass is 19.1. The largest absolute Gasteiger partial charge is 0.396 e. The molecule has 0 aromatic carbocycles. The van der Waals surface area contributed by atoms with Crippen molar-refractivity contribution in [3.05, 3.63) is 0 Å². The van der Waals surface area contributed by atoms with Gasteiger partial charge in [-0.2, -0.15) is 0 Å². The third kappa shape index (κ3) is 2.75. The van der Waals surface area contributed by atoms with Gasteiger partial charge in [-0.1, -0.05) is 0 Å². The van der Waals surface area contributed by atoms with Crippen LogP contribution in [0.5, 0.6) is 0 Å². The Morgan fingerprint density at radius 2 is 2.18 bits per heavy atom. The fourth-order valence-corrected chi connectivity index (χ4v) is 1.11. The van der Waals surface area contributed by atoms with Gasteiger partial charge in [0.25, 0.3) is 0 Å². The molecule has 0 spiro atoms.